The van der Waals surface area contributed by atoms with Crippen molar-refractivity contribution >= 4 is 33.0 Å². The minimum absolute atomic E-state index is 0.0455. The van der Waals surface area contributed by atoms with E-state index < -0.39 is 0 Å². The lowest BCUT2D eigenvalue weighted by atomic mass is 10.1. The second-order valence-corrected chi connectivity index (χ2v) is 7.16. The Bertz CT molecular complexity index is 784. The van der Waals surface area contributed by atoms with Crippen molar-refractivity contribution in [2.24, 2.45) is 0 Å². The van der Waals surface area contributed by atoms with Gasteiger partial charge in [-0.2, -0.15) is 0 Å². The molecule has 0 spiro atoms. The number of benzene rings is 1. The van der Waals surface area contributed by atoms with Gasteiger partial charge in [0.2, 0.25) is 0 Å². The summed E-state index contributed by atoms with van der Waals surface area (Å²) < 4.78 is 6.49. The fourth-order valence-corrected chi connectivity index (χ4v) is 4.29. The summed E-state index contributed by atoms with van der Waals surface area (Å²) in [6.07, 6.45) is 4.07. The van der Waals surface area contributed by atoms with E-state index in [-0.39, 0.29) is 6.61 Å². The molecule has 0 saturated carbocycles. The zero-order valence-electron chi connectivity index (χ0n) is 12.7. The summed E-state index contributed by atoms with van der Waals surface area (Å²) in [6.45, 7) is 2.87. The smallest absolute Gasteiger partial charge is 0.181 e. The molecule has 3 aromatic rings. The fourth-order valence-electron chi connectivity index (χ4n) is 2.40. The molecule has 0 bridgehead atoms. The first-order valence-corrected chi connectivity index (χ1v) is 8.95. The zero-order valence-corrected chi connectivity index (χ0v) is 15.1. The summed E-state index contributed by atoms with van der Waals surface area (Å²) in [5.41, 5.74) is 2.65. The Kier molecular flexibility index (Phi) is 5.15. The molecule has 0 radical (unpaired) electrons. The van der Waals surface area contributed by atoms with Crippen LogP contribution in [0.3, 0.4) is 0 Å². The maximum atomic E-state index is 9.60. The van der Waals surface area contributed by atoms with E-state index in [1.165, 1.54) is 20.6 Å². The van der Waals surface area contributed by atoms with Gasteiger partial charge in [0, 0.05) is 32.0 Å². The number of thiophene rings is 1. The lowest BCUT2D eigenvalue weighted by Gasteiger charge is -2.09. The molecule has 0 unspecified atom stereocenters. The van der Waals surface area contributed by atoms with Gasteiger partial charge in [0.05, 0.1) is 12.8 Å². The van der Waals surface area contributed by atoms with Crippen molar-refractivity contribution in [1.29, 1.82) is 0 Å². The van der Waals surface area contributed by atoms with E-state index in [1.807, 2.05) is 29.5 Å². The van der Waals surface area contributed by atoms with Gasteiger partial charge < -0.3 is 14.8 Å². The van der Waals surface area contributed by atoms with E-state index in [2.05, 4.69) is 39.2 Å². The molecule has 0 amide bonds. The standard InChI is InChI=1S/C17H17BrN2O2S/c1-2-17-15(18)6-13(23-17)7-20-12-3-4-14(11(5-12)9-21)16-8-19-10-22-16/h3-6,8,10,20-21H,2,7,9H2,1H3. The molecule has 6 heteroatoms. The highest BCUT2D eigenvalue weighted by Crippen LogP contribution is 2.30. The van der Waals surface area contributed by atoms with Crippen molar-refractivity contribution in [1.82, 2.24) is 4.98 Å². The van der Waals surface area contributed by atoms with Gasteiger partial charge in [0.25, 0.3) is 0 Å². The van der Waals surface area contributed by atoms with E-state index in [4.69, 9.17) is 4.42 Å². The van der Waals surface area contributed by atoms with Gasteiger partial charge in [-0.25, -0.2) is 4.98 Å². The largest absolute Gasteiger partial charge is 0.444 e. The number of hydrogen-bond acceptors (Lipinski definition) is 5. The molecule has 120 valence electrons. The Morgan fingerprint density at radius 1 is 1.35 bits per heavy atom. The molecule has 4 nitrogen and oxygen atoms in total. The Labute approximate surface area is 147 Å². The van der Waals surface area contributed by atoms with Crippen molar-refractivity contribution in [2.45, 2.75) is 26.5 Å². The summed E-state index contributed by atoms with van der Waals surface area (Å²) in [7, 11) is 0. The van der Waals surface area contributed by atoms with Crippen LogP contribution in [0.1, 0.15) is 22.2 Å². The first kappa shape index (κ1) is 16.2. The Morgan fingerprint density at radius 2 is 2.22 bits per heavy atom. The van der Waals surface area contributed by atoms with Crippen LogP contribution in [0.2, 0.25) is 0 Å². The highest BCUT2D eigenvalue weighted by atomic mass is 79.9. The van der Waals surface area contributed by atoms with Crippen LogP contribution in [0.4, 0.5) is 5.69 Å². The number of oxazole rings is 1. The number of halogens is 1. The average molecular weight is 393 g/mol. The molecule has 2 aromatic heterocycles. The van der Waals surface area contributed by atoms with E-state index in [0.717, 1.165) is 29.8 Å². The molecule has 0 aliphatic carbocycles. The minimum atomic E-state index is -0.0455. The third kappa shape index (κ3) is 3.65. The minimum Gasteiger partial charge on any atom is -0.444 e. The van der Waals surface area contributed by atoms with Gasteiger partial charge in [-0.15, -0.1) is 11.3 Å². The first-order chi connectivity index (χ1) is 11.2. The number of hydrogen-bond donors (Lipinski definition) is 2. The highest BCUT2D eigenvalue weighted by Gasteiger charge is 2.09. The number of aryl methyl sites for hydroxylation is 1. The SMILES string of the molecule is CCc1sc(CNc2ccc(-c3cnco3)c(CO)c2)cc1Br. The second kappa shape index (κ2) is 7.29. The number of rotatable bonds is 6. The van der Waals surface area contributed by atoms with Crippen molar-refractivity contribution in [3.63, 3.8) is 0 Å². The molecule has 0 aliphatic heterocycles. The van der Waals surface area contributed by atoms with Gasteiger partial charge in [-0.05, 0) is 52.2 Å². The van der Waals surface area contributed by atoms with Crippen LogP contribution in [0.5, 0.6) is 0 Å². The normalized spacial score (nSPS) is 10.9. The monoisotopic (exact) mass is 392 g/mol. The maximum Gasteiger partial charge on any atom is 0.181 e. The average Bonchev–Trinajstić information content (AvgIpc) is 3.22. The lowest BCUT2D eigenvalue weighted by molar-refractivity contribution is 0.282. The van der Waals surface area contributed by atoms with Gasteiger partial charge in [0.1, 0.15) is 0 Å². The molecule has 23 heavy (non-hydrogen) atoms. The number of aromatic nitrogens is 1. The van der Waals surface area contributed by atoms with E-state index in [0.29, 0.717) is 5.76 Å². The molecule has 0 fully saturated rings. The fraction of sp³-hybridized carbons (Fsp3) is 0.235. The third-order valence-electron chi connectivity index (χ3n) is 3.57. The summed E-state index contributed by atoms with van der Waals surface area (Å²) >= 11 is 5.40. The lowest BCUT2D eigenvalue weighted by Crippen LogP contribution is -1.99. The van der Waals surface area contributed by atoms with Crippen molar-refractivity contribution in [2.75, 3.05) is 5.32 Å². The Balaban J connectivity index is 1.75. The predicted octanol–water partition coefficient (Wildman–Crippen LogP) is 4.83. The van der Waals surface area contributed by atoms with Gasteiger partial charge >= 0.3 is 0 Å². The predicted molar refractivity (Wildman–Crippen MR) is 96.6 cm³/mol. The van der Waals surface area contributed by atoms with Gasteiger partial charge in [0.15, 0.2) is 12.2 Å². The molecular weight excluding hydrogens is 376 g/mol. The summed E-state index contributed by atoms with van der Waals surface area (Å²) in [4.78, 5) is 6.56. The van der Waals surface area contributed by atoms with Crippen molar-refractivity contribution < 1.29 is 9.52 Å². The Hall–Kier alpha value is -1.63. The molecule has 0 aliphatic rings. The second-order valence-electron chi connectivity index (χ2n) is 5.09. The molecule has 2 N–H and O–H groups in total. The highest BCUT2D eigenvalue weighted by molar-refractivity contribution is 9.10. The maximum absolute atomic E-state index is 9.60. The van der Waals surface area contributed by atoms with E-state index >= 15 is 0 Å². The van der Waals surface area contributed by atoms with Crippen molar-refractivity contribution in [3.8, 4) is 11.3 Å². The van der Waals surface area contributed by atoms with Crippen LogP contribution in [0.25, 0.3) is 11.3 Å². The van der Waals surface area contributed by atoms with Crippen LogP contribution in [0, 0.1) is 0 Å². The summed E-state index contributed by atoms with van der Waals surface area (Å²) in [5.74, 6) is 0.662. The third-order valence-corrected chi connectivity index (χ3v) is 5.82. The number of aliphatic hydroxyl groups is 1. The summed E-state index contributed by atoms with van der Waals surface area (Å²) in [5, 5.41) is 13.0. The van der Waals surface area contributed by atoms with Crippen LogP contribution in [-0.4, -0.2) is 10.1 Å². The number of anilines is 1. The molecule has 2 heterocycles. The van der Waals surface area contributed by atoms with Crippen molar-refractivity contribution in [3.05, 3.63) is 56.6 Å². The molecule has 3 rings (SSSR count). The molecule has 0 atom stereocenters. The molecular formula is C17H17BrN2O2S. The topological polar surface area (TPSA) is 58.3 Å². The van der Waals surface area contributed by atoms with Gasteiger partial charge in [-0.3, -0.25) is 0 Å². The van der Waals surface area contributed by atoms with E-state index in [1.54, 1.807) is 6.20 Å². The van der Waals surface area contributed by atoms with Crippen LogP contribution >= 0.6 is 27.3 Å². The summed E-state index contributed by atoms with van der Waals surface area (Å²) in [6, 6.07) is 8.03. The Morgan fingerprint density at radius 3 is 2.87 bits per heavy atom. The van der Waals surface area contributed by atoms with Crippen LogP contribution in [0.15, 0.2) is 45.7 Å². The number of nitrogens with zero attached hydrogens (tertiary/aromatic N) is 1. The first-order valence-electron chi connectivity index (χ1n) is 7.35. The van der Waals surface area contributed by atoms with Crippen LogP contribution in [-0.2, 0) is 19.6 Å². The molecule has 0 saturated heterocycles. The molecule has 1 aromatic carbocycles. The zero-order chi connectivity index (χ0) is 16.2. The van der Waals surface area contributed by atoms with Crippen LogP contribution < -0.4 is 5.32 Å². The number of aliphatic hydroxyl groups excluding tert-OH is 1. The number of nitrogens with one attached hydrogen (secondary N) is 1. The van der Waals surface area contributed by atoms with Gasteiger partial charge in [-0.1, -0.05) is 6.92 Å². The quantitative estimate of drug-likeness (QED) is 0.630. The van der Waals surface area contributed by atoms with E-state index in [9.17, 15) is 5.11 Å².